The van der Waals surface area contributed by atoms with Gasteiger partial charge >= 0.3 is 5.97 Å². The van der Waals surface area contributed by atoms with E-state index in [1.54, 1.807) is 0 Å². The molecule has 11 heteroatoms. The van der Waals surface area contributed by atoms with Gasteiger partial charge in [-0.2, -0.15) is 0 Å². The van der Waals surface area contributed by atoms with Crippen molar-refractivity contribution in [1.29, 1.82) is 0 Å². The van der Waals surface area contributed by atoms with Crippen LogP contribution in [0.3, 0.4) is 0 Å². The Bertz CT molecular complexity index is 890. The first-order chi connectivity index (χ1) is 12.9. The average Bonchev–Trinajstić information content (AvgIpc) is 2.97. The van der Waals surface area contributed by atoms with Crippen LogP contribution in [0, 0.1) is 0 Å². The standard InChI is InChI=1S/C16H17N5O5S/c1-2-7-4-3-5-9-11(14(23)21(9)12(7)15(24)25)19-13(22)10(20-26)8-6-27-16(17)18-8/h2,6,9,11,26H,1,3-5H2,(H2,17,18)(H,19,22)(H,24,25)/b20-10-/t9-,11+/m1/s1. The van der Waals surface area contributed by atoms with Crippen LogP contribution in [0.25, 0.3) is 0 Å². The third-order valence-corrected chi connectivity index (χ3v) is 5.20. The van der Waals surface area contributed by atoms with E-state index in [4.69, 9.17) is 10.9 Å². The molecule has 1 aromatic heterocycles. The van der Waals surface area contributed by atoms with Gasteiger partial charge in [-0.05, 0) is 24.8 Å². The number of carbonyl (C=O) groups excluding carboxylic acids is 2. The molecule has 0 aromatic carbocycles. The molecule has 3 rings (SSSR count). The zero-order chi connectivity index (χ0) is 19.7. The lowest BCUT2D eigenvalue weighted by Crippen LogP contribution is -2.70. The van der Waals surface area contributed by atoms with Crippen LogP contribution in [0.15, 0.2) is 34.5 Å². The number of nitrogens with two attached hydrogens (primary N) is 1. The molecule has 2 aliphatic heterocycles. The molecule has 10 nitrogen and oxygen atoms in total. The Morgan fingerprint density at radius 3 is 2.81 bits per heavy atom. The topological polar surface area (TPSA) is 158 Å². The Labute approximate surface area is 157 Å². The van der Waals surface area contributed by atoms with Crippen LogP contribution < -0.4 is 11.1 Å². The van der Waals surface area contributed by atoms with Gasteiger partial charge in [0.05, 0.1) is 6.04 Å². The Balaban J connectivity index is 1.81. The van der Waals surface area contributed by atoms with Crippen molar-refractivity contribution >= 4 is 40.0 Å². The first kappa shape index (κ1) is 18.6. The maximum atomic E-state index is 12.6. The monoisotopic (exact) mass is 391 g/mol. The molecule has 27 heavy (non-hydrogen) atoms. The molecule has 0 spiro atoms. The number of β-lactam (4-membered cyclic amide) rings is 1. The number of thiazole rings is 1. The molecule has 5 N–H and O–H groups in total. The first-order valence-corrected chi connectivity index (χ1v) is 8.93. The molecule has 1 fully saturated rings. The van der Waals surface area contributed by atoms with Crippen LogP contribution in [0.5, 0.6) is 0 Å². The zero-order valence-corrected chi connectivity index (χ0v) is 14.9. The minimum atomic E-state index is -1.22. The van der Waals surface area contributed by atoms with Crippen molar-refractivity contribution in [3.63, 3.8) is 0 Å². The molecule has 2 atom stereocenters. The van der Waals surface area contributed by atoms with Gasteiger partial charge in [0.25, 0.3) is 11.8 Å². The van der Waals surface area contributed by atoms with Gasteiger partial charge in [-0.15, -0.1) is 11.3 Å². The highest BCUT2D eigenvalue weighted by Crippen LogP contribution is 2.35. The van der Waals surface area contributed by atoms with Crippen molar-refractivity contribution < 1.29 is 24.7 Å². The number of amides is 2. The summed E-state index contributed by atoms with van der Waals surface area (Å²) in [5.41, 5.74) is 5.61. The predicted molar refractivity (Wildman–Crippen MR) is 96.1 cm³/mol. The molecule has 1 aromatic rings. The molecular weight excluding hydrogens is 374 g/mol. The van der Waals surface area contributed by atoms with Crippen molar-refractivity contribution in [2.45, 2.75) is 31.3 Å². The predicted octanol–water partition coefficient (Wildman–Crippen LogP) is 0.308. The van der Waals surface area contributed by atoms with E-state index in [0.29, 0.717) is 24.8 Å². The number of oxime groups is 1. The second-order valence-corrected chi connectivity index (χ2v) is 6.91. The summed E-state index contributed by atoms with van der Waals surface area (Å²) in [5.74, 6) is -2.55. The molecule has 0 aliphatic carbocycles. The maximum absolute atomic E-state index is 12.6. The Morgan fingerprint density at radius 2 is 2.26 bits per heavy atom. The highest BCUT2D eigenvalue weighted by molar-refractivity contribution is 7.13. The van der Waals surface area contributed by atoms with Gasteiger partial charge < -0.3 is 21.4 Å². The van der Waals surface area contributed by atoms with E-state index in [1.165, 1.54) is 16.4 Å². The SMILES string of the molecule is C=CC1=C(C(=O)O)N2C(=O)[C@@H](NC(=O)/C(=N\O)c3csc(N)n3)[C@H]2CCC1. The minimum Gasteiger partial charge on any atom is -0.477 e. The molecule has 0 radical (unpaired) electrons. The fourth-order valence-corrected chi connectivity index (χ4v) is 3.86. The molecule has 142 valence electrons. The zero-order valence-electron chi connectivity index (χ0n) is 14.1. The number of carboxylic acid groups (broad SMARTS) is 1. The fourth-order valence-electron chi connectivity index (χ4n) is 3.31. The van der Waals surface area contributed by atoms with E-state index in [1.807, 2.05) is 0 Å². The molecule has 3 heterocycles. The summed E-state index contributed by atoms with van der Waals surface area (Å²) < 4.78 is 0. The van der Waals surface area contributed by atoms with E-state index in [2.05, 4.69) is 22.0 Å². The number of aliphatic carboxylic acids is 1. The first-order valence-electron chi connectivity index (χ1n) is 8.05. The molecule has 2 aliphatic rings. The van der Waals surface area contributed by atoms with Gasteiger partial charge in [-0.1, -0.05) is 17.8 Å². The lowest BCUT2D eigenvalue weighted by atomic mass is 9.90. The van der Waals surface area contributed by atoms with Gasteiger partial charge in [-0.3, -0.25) is 14.5 Å². The molecular formula is C16H17N5O5S. The second kappa shape index (κ2) is 7.19. The van der Waals surface area contributed by atoms with Crippen LogP contribution in [0.2, 0.25) is 0 Å². The van der Waals surface area contributed by atoms with E-state index in [0.717, 1.165) is 11.3 Å². The number of aromatic nitrogens is 1. The summed E-state index contributed by atoms with van der Waals surface area (Å²) in [6, 6.07) is -1.41. The molecule has 0 unspecified atom stereocenters. The number of anilines is 1. The molecule has 2 amide bonds. The van der Waals surface area contributed by atoms with Crippen molar-refractivity contribution in [2.24, 2.45) is 5.16 Å². The summed E-state index contributed by atoms with van der Waals surface area (Å²) in [6.07, 6.45) is 3.07. The molecule has 0 saturated carbocycles. The highest BCUT2D eigenvalue weighted by Gasteiger charge is 2.52. The van der Waals surface area contributed by atoms with Crippen molar-refractivity contribution in [1.82, 2.24) is 15.2 Å². The summed E-state index contributed by atoms with van der Waals surface area (Å²) in [7, 11) is 0. The number of nitrogen functional groups attached to an aromatic ring is 1. The van der Waals surface area contributed by atoms with Crippen LogP contribution in [-0.4, -0.2) is 55.8 Å². The summed E-state index contributed by atoms with van der Waals surface area (Å²) in [4.78, 5) is 41.7. The minimum absolute atomic E-state index is 0.0852. The second-order valence-electron chi connectivity index (χ2n) is 6.02. The molecule has 0 bridgehead atoms. The van der Waals surface area contributed by atoms with Gasteiger partial charge in [-0.25, -0.2) is 9.78 Å². The van der Waals surface area contributed by atoms with E-state index < -0.39 is 29.9 Å². The Kier molecular flexibility index (Phi) is 4.95. The van der Waals surface area contributed by atoms with Gasteiger partial charge in [0.2, 0.25) is 0 Å². The van der Waals surface area contributed by atoms with E-state index >= 15 is 0 Å². The number of allylic oxidation sites excluding steroid dienone is 2. The number of carbonyl (C=O) groups is 3. The van der Waals surface area contributed by atoms with Crippen molar-refractivity contribution in [3.05, 3.63) is 35.0 Å². The lowest BCUT2D eigenvalue weighted by molar-refractivity contribution is -0.154. The number of nitrogens with zero attached hydrogens (tertiary/aromatic N) is 3. The van der Waals surface area contributed by atoms with Crippen LogP contribution in [0.1, 0.15) is 25.0 Å². The Morgan fingerprint density at radius 1 is 1.52 bits per heavy atom. The fraction of sp³-hybridized carbons (Fsp3) is 0.312. The summed E-state index contributed by atoms with van der Waals surface area (Å²) in [5, 5.41) is 25.7. The number of carboxylic acids is 1. The smallest absolute Gasteiger partial charge is 0.352 e. The third kappa shape index (κ3) is 3.16. The largest absolute Gasteiger partial charge is 0.477 e. The lowest BCUT2D eigenvalue weighted by Gasteiger charge is -2.46. The number of hydrogen-bond acceptors (Lipinski definition) is 8. The maximum Gasteiger partial charge on any atom is 0.352 e. The number of nitrogens with one attached hydrogen (secondary N) is 1. The van der Waals surface area contributed by atoms with Crippen LogP contribution >= 0.6 is 11.3 Å². The van der Waals surface area contributed by atoms with Gasteiger partial charge in [0.15, 0.2) is 10.8 Å². The Hall–Kier alpha value is -3.21. The third-order valence-electron chi connectivity index (χ3n) is 4.53. The van der Waals surface area contributed by atoms with E-state index in [-0.39, 0.29) is 22.2 Å². The summed E-state index contributed by atoms with van der Waals surface area (Å²) in [6.45, 7) is 3.62. The van der Waals surface area contributed by atoms with Crippen LogP contribution in [0.4, 0.5) is 5.13 Å². The number of fused-ring (bicyclic) bond motifs is 1. The average molecular weight is 391 g/mol. The number of rotatable bonds is 5. The van der Waals surface area contributed by atoms with E-state index in [9.17, 15) is 19.5 Å². The highest BCUT2D eigenvalue weighted by atomic mass is 32.1. The normalized spacial score (nSPS) is 22.6. The summed E-state index contributed by atoms with van der Waals surface area (Å²) >= 11 is 1.07. The van der Waals surface area contributed by atoms with Crippen molar-refractivity contribution in [2.75, 3.05) is 5.73 Å². The number of hydrogen-bond donors (Lipinski definition) is 4. The quantitative estimate of drug-likeness (QED) is 0.243. The van der Waals surface area contributed by atoms with Gasteiger partial charge in [0.1, 0.15) is 17.4 Å². The van der Waals surface area contributed by atoms with Gasteiger partial charge in [0, 0.05) is 5.38 Å². The molecule has 1 saturated heterocycles. The van der Waals surface area contributed by atoms with Crippen molar-refractivity contribution in [3.8, 4) is 0 Å². The van der Waals surface area contributed by atoms with Crippen LogP contribution in [-0.2, 0) is 14.4 Å².